The van der Waals surface area contributed by atoms with Crippen LogP contribution in [0.5, 0.6) is 0 Å². The summed E-state index contributed by atoms with van der Waals surface area (Å²) in [5.74, 6) is 0.173. The standard InChI is InChI=1S/C12H25NO2Si/c1-5-14-16(4,15-6-2)10-8-7-9-12(3)11-13/h12H,5-10H2,1-4H3. The van der Waals surface area contributed by atoms with Gasteiger partial charge in [-0.25, -0.2) is 0 Å². The third-order valence-corrected chi connectivity index (χ3v) is 5.70. The van der Waals surface area contributed by atoms with Crippen molar-refractivity contribution in [3.8, 4) is 6.07 Å². The van der Waals surface area contributed by atoms with E-state index in [4.69, 9.17) is 14.1 Å². The third-order valence-electron chi connectivity index (χ3n) is 2.64. The Morgan fingerprint density at radius 2 is 1.75 bits per heavy atom. The van der Waals surface area contributed by atoms with E-state index in [0.29, 0.717) is 0 Å². The first-order valence-electron chi connectivity index (χ1n) is 6.25. The molecule has 0 radical (unpaired) electrons. The minimum absolute atomic E-state index is 0.173. The zero-order valence-electron chi connectivity index (χ0n) is 11.1. The van der Waals surface area contributed by atoms with E-state index in [0.717, 1.165) is 38.5 Å². The molecule has 0 aromatic heterocycles. The fourth-order valence-corrected chi connectivity index (χ4v) is 4.24. The van der Waals surface area contributed by atoms with Crippen molar-refractivity contribution < 1.29 is 8.85 Å². The molecule has 0 amide bonds. The summed E-state index contributed by atoms with van der Waals surface area (Å²) in [6, 6.07) is 3.30. The molecule has 3 nitrogen and oxygen atoms in total. The quantitative estimate of drug-likeness (QED) is 0.460. The lowest BCUT2D eigenvalue weighted by atomic mass is 10.1. The van der Waals surface area contributed by atoms with Crippen LogP contribution in [0.1, 0.15) is 40.0 Å². The molecule has 0 aromatic carbocycles. The topological polar surface area (TPSA) is 42.2 Å². The number of hydrogen-bond acceptors (Lipinski definition) is 3. The van der Waals surface area contributed by atoms with Crippen molar-refractivity contribution in [1.82, 2.24) is 0 Å². The van der Waals surface area contributed by atoms with Gasteiger partial charge < -0.3 is 8.85 Å². The number of nitrogens with zero attached hydrogens (tertiary/aromatic N) is 1. The van der Waals surface area contributed by atoms with E-state index < -0.39 is 8.56 Å². The van der Waals surface area contributed by atoms with Crippen LogP contribution >= 0.6 is 0 Å². The second kappa shape index (κ2) is 8.74. The van der Waals surface area contributed by atoms with Gasteiger partial charge in [-0.3, -0.25) is 0 Å². The molecule has 0 spiro atoms. The number of unbranched alkanes of at least 4 members (excludes halogenated alkanes) is 1. The van der Waals surface area contributed by atoms with Crippen molar-refractivity contribution >= 4 is 8.56 Å². The maximum Gasteiger partial charge on any atom is 0.334 e. The van der Waals surface area contributed by atoms with Crippen LogP contribution in [0.2, 0.25) is 12.6 Å². The Balaban J connectivity index is 3.81. The highest BCUT2D eigenvalue weighted by atomic mass is 28.4. The summed E-state index contributed by atoms with van der Waals surface area (Å²) in [5, 5.41) is 8.67. The van der Waals surface area contributed by atoms with Crippen molar-refractivity contribution in [2.24, 2.45) is 5.92 Å². The van der Waals surface area contributed by atoms with Gasteiger partial charge in [0.15, 0.2) is 0 Å². The van der Waals surface area contributed by atoms with E-state index in [1.807, 2.05) is 20.8 Å². The Labute approximate surface area is 101 Å². The van der Waals surface area contributed by atoms with Gasteiger partial charge in [-0.1, -0.05) is 12.8 Å². The summed E-state index contributed by atoms with van der Waals surface area (Å²) in [6.07, 6.45) is 3.19. The van der Waals surface area contributed by atoms with Crippen molar-refractivity contribution in [3.63, 3.8) is 0 Å². The van der Waals surface area contributed by atoms with Gasteiger partial charge in [0.25, 0.3) is 0 Å². The molecular weight excluding hydrogens is 218 g/mol. The van der Waals surface area contributed by atoms with E-state index in [1.165, 1.54) is 0 Å². The molecule has 0 aromatic rings. The number of rotatable bonds is 9. The summed E-state index contributed by atoms with van der Waals surface area (Å²) in [7, 11) is -1.91. The largest absolute Gasteiger partial charge is 0.395 e. The number of nitriles is 1. The van der Waals surface area contributed by atoms with Crippen LogP contribution < -0.4 is 0 Å². The van der Waals surface area contributed by atoms with Crippen molar-refractivity contribution in [1.29, 1.82) is 5.26 Å². The lowest BCUT2D eigenvalue weighted by Crippen LogP contribution is -2.38. The maximum atomic E-state index is 8.67. The third kappa shape index (κ3) is 6.99. The molecule has 0 bridgehead atoms. The van der Waals surface area contributed by atoms with Crippen LogP contribution in [0.3, 0.4) is 0 Å². The van der Waals surface area contributed by atoms with Gasteiger partial charge in [-0.15, -0.1) is 0 Å². The molecule has 1 unspecified atom stereocenters. The van der Waals surface area contributed by atoms with Gasteiger partial charge in [-0.2, -0.15) is 5.26 Å². The summed E-state index contributed by atoms with van der Waals surface area (Å²) < 4.78 is 11.5. The molecule has 0 aliphatic rings. The van der Waals surface area contributed by atoms with E-state index >= 15 is 0 Å². The fraction of sp³-hybridized carbons (Fsp3) is 0.917. The van der Waals surface area contributed by atoms with Crippen LogP contribution in [-0.4, -0.2) is 21.8 Å². The predicted octanol–water partition coefficient (Wildman–Crippen LogP) is 3.46. The molecular formula is C12H25NO2Si. The zero-order chi connectivity index (χ0) is 12.4. The molecule has 0 rings (SSSR count). The average Bonchev–Trinajstić information content (AvgIpc) is 2.25. The van der Waals surface area contributed by atoms with Crippen LogP contribution in [0.25, 0.3) is 0 Å². The molecule has 0 aliphatic carbocycles. The molecule has 4 heteroatoms. The molecule has 0 N–H and O–H groups in total. The van der Waals surface area contributed by atoms with Crippen molar-refractivity contribution in [2.75, 3.05) is 13.2 Å². The first-order chi connectivity index (χ1) is 7.58. The van der Waals surface area contributed by atoms with Crippen LogP contribution in [0, 0.1) is 17.2 Å². The lowest BCUT2D eigenvalue weighted by Gasteiger charge is -2.25. The molecule has 1 atom stereocenters. The minimum Gasteiger partial charge on any atom is -0.395 e. The van der Waals surface area contributed by atoms with Gasteiger partial charge >= 0.3 is 8.56 Å². The second-order valence-corrected chi connectivity index (χ2v) is 7.62. The maximum absolute atomic E-state index is 8.67. The van der Waals surface area contributed by atoms with E-state index in [1.54, 1.807) is 0 Å². The Morgan fingerprint density at radius 3 is 2.19 bits per heavy atom. The first kappa shape index (κ1) is 15.6. The van der Waals surface area contributed by atoms with Gasteiger partial charge in [0.1, 0.15) is 0 Å². The minimum atomic E-state index is -1.91. The van der Waals surface area contributed by atoms with Gasteiger partial charge in [0, 0.05) is 19.1 Å². The molecule has 0 saturated heterocycles. The summed E-state index contributed by atoms with van der Waals surface area (Å²) in [4.78, 5) is 0. The summed E-state index contributed by atoms with van der Waals surface area (Å²) >= 11 is 0. The Kier molecular flexibility index (Phi) is 8.54. The normalized spacial score (nSPS) is 13.4. The SMILES string of the molecule is CCO[Si](C)(CCCCC(C)C#N)OCC. The van der Waals surface area contributed by atoms with Crippen molar-refractivity contribution in [2.45, 2.75) is 52.6 Å². The van der Waals surface area contributed by atoms with Gasteiger partial charge in [0.05, 0.1) is 6.07 Å². The smallest absolute Gasteiger partial charge is 0.334 e. The van der Waals surface area contributed by atoms with E-state index in [-0.39, 0.29) is 5.92 Å². The van der Waals surface area contributed by atoms with Gasteiger partial charge in [0.2, 0.25) is 0 Å². The molecule has 0 saturated carbocycles. The highest BCUT2D eigenvalue weighted by Gasteiger charge is 2.29. The lowest BCUT2D eigenvalue weighted by molar-refractivity contribution is 0.188. The zero-order valence-corrected chi connectivity index (χ0v) is 12.1. The summed E-state index contributed by atoms with van der Waals surface area (Å²) in [5.41, 5.74) is 0. The van der Waals surface area contributed by atoms with Crippen LogP contribution in [-0.2, 0) is 8.85 Å². The van der Waals surface area contributed by atoms with Crippen molar-refractivity contribution in [3.05, 3.63) is 0 Å². The van der Waals surface area contributed by atoms with Gasteiger partial charge in [-0.05, 0) is 39.8 Å². The molecule has 0 fully saturated rings. The Hall–Kier alpha value is -0.373. The molecule has 0 aliphatic heterocycles. The average molecular weight is 243 g/mol. The fourth-order valence-electron chi connectivity index (χ4n) is 1.76. The van der Waals surface area contributed by atoms with E-state index in [9.17, 15) is 0 Å². The highest BCUT2D eigenvalue weighted by Crippen LogP contribution is 2.19. The predicted molar refractivity (Wildman–Crippen MR) is 68.3 cm³/mol. The van der Waals surface area contributed by atoms with Crippen LogP contribution in [0.15, 0.2) is 0 Å². The Bertz CT molecular complexity index is 210. The highest BCUT2D eigenvalue weighted by molar-refractivity contribution is 6.66. The molecule has 16 heavy (non-hydrogen) atoms. The second-order valence-electron chi connectivity index (χ2n) is 4.28. The monoisotopic (exact) mass is 243 g/mol. The summed E-state index contributed by atoms with van der Waals surface area (Å²) in [6.45, 7) is 9.61. The molecule has 0 heterocycles. The number of hydrogen-bond donors (Lipinski definition) is 0. The molecule has 94 valence electrons. The first-order valence-corrected chi connectivity index (χ1v) is 8.77. The van der Waals surface area contributed by atoms with Crippen LogP contribution in [0.4, 0.5) is 0 Å². The van der Waals surface area contributed by atoms with E-state index in [2.05, 4.69) is 12.6 Å². The Morgan fingerprint density at radius 1 is 1.19 bits per heavy atom.